The van der Waals surface area contributed by atoms with E-state index in [-0.39, 0.29) is 17.7 Å². The van der Waals surface area contributed by atoms with Crippen LogP contribution >= 0.6 is 0 Å². The molecule has 2 aromatic carbocycles. The molecule has 0 saturated carbocycles. The van der Waals surface area contributed by atoms with E-state index in [0.717, 1.165) is 5.75 Å². The Balaban J connectivity index is 2.08. The summed E-state index contributed by atoms with van der Waals surface area (Å²) in [6.07, 6.45) is 0. The number of ether oxygens (including phenoxy) is 1. The van der Waals surface area contributed by atoms with Gasteiger partial charge in [0.1, 0.15) is 17.5 Å². The Hall–Kier alpha value is -2.82. The lowest BCUT2D eigenvalue weighted by atomic mass is 10.0. The van der Waals surface area contributed by atoms with E-state index in [4.69, 9.17) is 4.74 Å². The lowest BCUT2D eigenvalue weighted by Crippen LogP contribution is -2.46. The minimum Gasteiger partial charge on any atom is -0.457 e. The number of carbonyl (C=O) groups is 2. The van der Waals surface area contributed by atoms with Gasteiger partial charge < -0.3 is 15.4 Å². The predicted octanol–water partition coefficient (Wildman–Crippen LogP) is 3.58. The van der Waals surface area contributed by atoms with Crippen molar-refractivity contribution >= 4 is 17.5 Å². The molecular formula is C19H22N2O3. The highest BCUT2D eigenvalue weighted by Gasteiger charge is 2.23. The third kappa shape index (κ3) is 5.12. The van der Waals surface area contributed by atoms with Crippen molar-refractivity contribution in [2.24, 2.45) is 5.92 Å². The number of rotatable bonds is 6. The summed E-state index contributed by atoms with van der Waals surface area (Å²) in [6, 6.07) is 16.0. The molecule has 0 radical (unpaired) electrons. The molecule has 24 heavy (non-hydrogen) atoms. The molecule has 5 heteroatoms. The van der Waals surface area contributed by atoms with Crippen LogP contribution in [0.1, 0.15) is 20.8 Å². The lowest BCUT2D eigenvalue weighted by molar-refractivity contribution is -0.126. The Kier molecular flexibility index (Phi) is 5.95. The van der Waals surface area contributed by atoms with E-state index < -0.39 is 6.04 Å². The van der Waals surface area contributed by atoms with Gasteiger partial charge in [0.15, 0.2) is 0 Å². The van der Waals surface area contributed by atoms with Crippen LogP contribution in [0, 0.1) is 5.92 Å². The first-order valence-electron chi connectivity index (χ1n) is 7.86. The molecule has 1 unspecified atom stereocenters. The number of carbonyl (C=O) groups excluding carboxylic acids is 2. The van der Waals surface area contributed by atoms with Crippen molar-refractivity contribution in [2.45, 2.75) is 26.8 Å². The van der Waals surface area contributed by atoms with Crippen LogP contribution in [0.5, 0.6) is 11.5 Å². The van der Waals surface area contributed by atoms with Crippen LogP contribution < -0.4 is 15.4 Å². The molecule has 2 aromatic rings. The fourth-order valence-corrected chi connectivity index (χ4v) is 2.24. The minimum absolute atomic E-state index is 0.0161. The van der Waals surface area contributed by atoms with Crippen LogP contribution in [0.15, 0.2) is 54.6 Å². The van der Waals surface area contributed by atoms with Gasteiger partial charge in [0, 0.05) is 18.7 Å². The van der Waals surface area contributed by atoms with Gasteiger partial charge in [-0.1, -0.05) is 38.1 Å². The summed E-state index contributed by atoms with van der Waals surface area (Å²) in [5, 5.41) is 5.49. The van der Waals surface area contributed by atoms with Gasteiger partial charge in [0.05, 0.1) is 0 Å². The van der Waals surface area contributed by atoms with E-state index in [2.05, 4.69) is 10.6 Å². The molecule has 0 fully saturated rings. The summed E-state index contributed by atoms with van der Waals surface area (Å²) in [5.41, 5.74) is 0.615. The molecule has 0 aliphatic rings. The molecule has 5 nitrogen and oxygen atoms in total. The van der Waals surface area contributed by atoms with Crippen LogP contribution in [0.2, 0.25) is 0 Å². The summed E-state index contributed by atoms with van der Waals surface area (Å²) in [6.45, 7) is 5.17. The molecule has 2 N–H and O–H groups in total. The molecule has 126 valence electrons. The SMILES string of the molecule is CC(=O)NC(C(=O)Nc1cccc(Oc2ccccc2)c1)C(C)C. The molecule has 0 heterocycles. The second kappa shape index (κ2) is 8.15. The molecule has 2 rings (SSSR count). The van der Waals surface area contributed by atoms with E-state index in [9.17, 15) is 9.59 Å². The Morgan fingerprint density at radius 2 is 1.62 bits per heavy atom. The molecule has 0 aliphatic carbocycles. The van der Waals surface area contributed by atoms with Gasteiger partial charge in [-0.05, 0) is 30.2 Å². The first-order valence-corrected chi connectivity index (χ1v) is 7.86. The number of benzene rings is 2. The number of nitrogens with one attached hydrogen (secondary N) is 2. The molecule has 0 aromatic heterocycles. The second-order valence-electron chi connectivity index (χ2n) is 5.85. The fraction of sp³-hybridized carbons (Fsp3) is 0.263. The summed E-state index contributed by atoms with van der Waals surface area (Å²) >= 11 is 0. The number of hydrogen-bond acceptors (Lipinski definition) is 3. The average molecular weight is 326 g/mol. The number of para-hydroxylation sites is 1. The molecule has 0 bridgehead atoms. The molecular weight excluding hydrogens is 304 g/mol. The van der Waals surface area contributed by atoms with Crippen LogP contribution in [-0.2, 0) is 9.59 Å². The van der Waals surface area contributed by atoms with Crippen LogP contribution in [0.4, 0.5) is 5.69 Å². The van der Waals surface area contributed by atoms with E-state index >= 15 is 0 Å². The maximum atomic E-state index is 12.4. The maximum Gasteiger partial charge on any atom is 0.247 e. The zero-order chi connectivity index (χ0) is 17.5. The largest absolute Gasteiger partial charge is 0.457 e. The zero-order valence-corrected chi connectivity index (χ0v) is 14.1. The highest BCUT2D eigenvalue weighted by Crippen LogP contribution is 2.24. The van der Waals surface area contributed by atoms with Crippen LogP contribution in [0.25, 0.3) is 0 Å². The van der Waals surface area contributed by atoms with Gasteiger partial charge in [-0.15, -0.1) is 0 Å². The third-order valence-electron chi connectivity index (χ3n) is 3.39. The first-order chi connectivity index (χ1) is 11.5. The van der Waals surface area contributed by atoms with Gasteiger partial charge in [0.2, 0.25) is 11.8 Å². The fourth-order valence-electron chi connectivity index (χ4n) is 2.24. The maximum absolute atomic E-state index is 12.4. The Labute approximate surface area is 142 Å². The van der Waals surface area contributed by atoms with E-state index in [0.29, 0.717) is 11.4 Å². The Morgan fingerprint density at radius 1 is 0.958 bits per heavy atom. The standard InChI is InChI=1S/C19H22N2O3/c1-13(2)18(20-14(3)22)19(23)21-15-8-7-11-17(12-15)24-16-9-5-4-6-10-16/h4-13,18H,1-3H3,(H,20,22)(H,21,23). The summed E-state index contributed by atoms with van der Waals surface area (Å²) < 4.78 is 5.75. The molecule has 0 aliphatic heterocycles. The van der Waals surface area contributed by atoms with Gasteiger partial charge >= 0.3 is 0 Å². The van der Waals surface area contributed by atoms with Crippen molar-refractivity contribution < 1.29 is 14.3 Å². The number of anilines is 1. The molecule has 0 spiro atoms. The summed E-state index contributed by atoms with van der Waals surface area (Å²) in [7, 11) is 0. The zero-order valence-electron chi connectivity index (χ0n) is 14.1. The second-order valence-corrected chi connectivity index (χ2v) is 5.85. The van der Waals surface area contributed by atoms with E-state index in [1.54, 1.807) is 18.2 Å². The Bertz CT molecular complexity index is 699. The van der Waals surface area contributed by atoms with Crippen molar-refractivity contribution in [3.63, 3.8) is 0 Å². The highest BCUT2D eigenvalue weighted by atomic mass is 16.5. The monoisotopic (exact) mass is 326 g/mol. The van der Waals surface area contributed by atoms with E-state index in [1.807, 2.05) is 50.2 Å². The van der Waals surface area contributed by atoms with Gasteiger partial charge in [-0.25, -0.2) is 0 Å². The van der Waals surface area contributed by atoms with Crippen molar-refractivity contribution in [3.05, 3.63) is 54.6 Å². The lowest BCUT2D eigenvalue weighted by Gasteiger charge is -2.21. The van der Waals surface area contributed by atoms with Crippen molar-refractivity contribution in [2.75, 3.05) is 5.32 Å². The third-order valence-corrected chi connectivity index (χ3v) is 3.39. The van der Waals surface area contributed by atoms with E-state index in [1.165, 1.54) is 6.92 Å². The number of amides is 2. The minimum atomic E-state index is -0.582. The van der Waals surface area contributed by atoms with Crippen molar-refractivity contribution in [1.82, 2.24) is 5.32 Å². The Morgan fingerprint density at radius 3 is 2.25 bits per heavy atom. The quantitative estimate of drug-likeness (QED) is 0.852. The van der Waals surface area contributed by atoms with Crippen molar-refractivity contribution in [3.8, 4) is 11.5 Å². The molecule has 1 atom stereocenters. The van der Waals surface area contributed by atoms with Crippen LogP contribution in [0.3, 0.4) is 0 Å². The molecule has 0 saturated heterocycles. The van der Waals surface area contributed by atoms with Gasteiger partial charge in [-0.3, -0.25) is 9.59 Å². The number of hydrogen-bond donors (Lipinski definition) is 2. The van der Waals surface area contributed by atoms with Crippen LogP contribution in [-0.4, -0.2) is 17.9 Å². The smallest absolute Gasteiger partial charge is 0.247 e. The summed E-state index contributed by atoms with van der Waals surface area (Å²) in [5.74, 6) is 0.846. The van der Waals surface area contributed by atoms with Gasteiger partial charge in [0.25, 0.3) is 0 Å². The topological polar surface area (TPSA) is 67.4 Å². The predicted molar refractivity (Wildman–Crippen MR) is 94.0 cm³/mol. The van der Waals surface area contributed by atoms with Crippen molar-refractivity contribution in [1.29, 1.82) is 0 Å². The highest BCUT2D eigenvalue weighted by molar-refractivity contribution is 5.97. The average Bonchev–Trinajstić information content (AvgIpc) is 2.53. The summed E-state index contributed by atoms with van der Waals surface area (Å²) in [4.78, 5) is 23.7. The normalized spacial score (nSPS) is 11.7. The van der Waals surface area contributed by atoms with Gasteiger partial charge in [-0.2, -0.15) is 0 Å². The first kappa shape index (κ1) is 17.5. The molecule has 2 amide bonds.